The van der Waals surface area contributed by atoms with E-state index in [9.17, 15) is 0 Å². The third-order valence-electron chi connectivity index (χ3n) is 3.43. The summed E-state index contributed by atoms with van der Waals surface area (Å²) in [4.78, 5) is 7.33. The molecule has 0 atom stereocenters. The second kappa shape index (κ2) is 8.17. The van der Waals surface area contributed by atoms with Crippen LogP contribution in [0.15, 0.2) is 6.07 Å². The van der Waals surface area contributed by atoms with E-state index in [0.717, 1.165) is 55.2 Å². The molecule has 0 saturated carbocycles. The number of aromatic nitrogens is 1. The molecule has 4 nitrogen and oxygen atoms in total. The maximum absolute atomic E-state index is 5.80. The van der Waals surface area contributed by atoms with Gasteiger partial charge >= 0.3 is 0 Å². The van der Waals surface area contributed by atoms with Crippen molar-refractivity contribution in [2.24, 2.45) is 5.73 Å². The lowest BCUT2D eigenvalue weighted by molar-refractivity contribution is 0.303. The Balaban J connectivity index is 2.66. The van der Waals surface area contributed by atoms with Crippen LogP contribution in [-0.2, 0) is 0 Å². The molecule has 0 aromatic carbocycles. The molecule has 0 saturated heterocycles. The highest BCUT2D eigenvalue weighted by molar-refractivity contribution is 7.80. The summed E-state index contributed by atoms with van der Waals surface area (Å²) in [6, 6.07) is 2.01. The SMILES string of the molecule is CCN(CC)CCCNc1nc(C)cc(C)c1C(N)=S. The quantitative estimate of drug-likeness (QED) is 0.570. The summed E-state index contributed by atoms with van der Waals surface area (Å²) >= 11 is 5.13. The summed E-state index contributed by atoms with van der Waals surface area (Å²) < 4.78 is 0. The fourth-order valence-corrected chi connectivity index (χ4v) is 2.58. The summed E-state index contributed by atoms with van der Waals surface area (Å²) in [7, 11) is 0. The Hall–Kier alpha value is -1.20. The lowest BCUT2D eigenvalue weighted by Crippen LogP contribution is -2.26. The van der Waals surface area contributed by atoms with Gasteiger partial charge in [0.25, 0.3) is 0 Å². The molecule has 1 heterocycles. The molecule has 3 N–H and O–H groups in total. The average molecular weight is 294 g/mol. The highest BCUT2D eigenvalue weighted by Crippen LogP contribution is 2.18. The number of anilines is 1. The van der Waals surface area contributed by atoms with Gasteiger partial charge in [-0.15, -0.1) is 0 Å². The van der Waals surface area contributed by atoms with Gasteiger partial charge in [0.05, 0.1) is 5.56 Å². The zero-order valence-electron chi connectivity index (χ0n) is 13.0. The van der Waals surface area contributed by atoms with Gasteiger partial charge in [-0.1, -0.05) is 26.1 Å². The zero-order valence-corrected chi connectivity index (χ0v) is 13.8. The molecule has 0 fully saturated rings. The molecule has 0 amide bonds. The molecule has 112 valence electrons. The van der Waals surface area contributed by atoms with E-state index in [1.165, 1.54) is 0 Å². The Morgan fingerprint density at radius 3 is 2.55 bits per heavy atom. The van der Waals surface area contributed by atoms with Gasteiger partial charge in [0.2, 0.25) is 0 Å². The number of aryl methyl sites for hydroxylation is 2. The molecule has 0 aliphatic carbocycles. The van der Waals surface area contributed by atoms with Crippen LogP contribution in [-0.4, -0.2) is 41.1 Å². The van der Waals surface area contributed by atoms with Crippen LogP contribution in [0.4, 0.5) is 5.82 Å². The highest BCUT2D eigenvalue weighted by atomic mass is 32.1. The van der Waals surface area contributed by atoms with Gasteiger partial charge in [-0.3, -0.25) is 0 Å². The molecule has 0 unspecified atom stereocenters. The number of nitrogens with one attached hydrogen (secondary N) is 1. The molecular formula is C15H26N4S. The topological polar surface area (TPSA) is 54.2 Å². The molecule has 1 rings (SSSR count). The predicted molar refractivity (Wildman–Crippen MR) is 90.5 cm³/mol. The largest absolute Gasteiger partial charge is 0.389 e. The van der Waals surface area contributed by atoms with E-state index >= 15 is 0 Å². The van der Waals surface area contributed by atoms with Crippen molar-refractivity contribution in [2.75, 3.05) is 31.5 Å². The van der Waals surface area contributed by atoms with E-state index in [2.05, 4.69) is 29.0 Å². The van der Waals surface area contributed by atoms with Crippen molar-refractivity contribution >= 4 is 23.0 Å². The van der Waals surface area contributed by atoms with Crippen LogP contribution in [0.2, 0.25) is 0 Å². The molecule has 0 bridgehead atoms. The molecule has 1 aromatic heterocycles. The normalized spacial score (nSPS) is 10.8. The van der Waals surface area contributed by atoms with Crippen molar-refractivity contribution in [3.8, 4) is 0 Å². The van der Waals surface area contributed by atoms with E-state index < -0.39 is 0 Å². The summed E-state index contributed by atoms with van der Waals surface area (Å²) in [5.74, 6) is 0.814. The second-order valence-electron chi connectivity index (χ2n) is 4.98. The van der Waals surface area contributed by atoms with Gasteiger partial charge in [0.15, 0.2) is 0 Å². The van der Waals surface area contributed by atoms with E-state index in [1.807, 2.05) is 19.9 Å². The third kappa shape index (κ3) is 4.72. The highest BCUT2D eigenvalue weighted by Gasteiger charge is 2.11. The van der Waals surface area contributed by atoms with E-state index in [0.29, 0.717) is 4.99 Å². The molecule has 1 aromatic rings. The Labute approximate surface area is 127 Å². The molecule has 0 aliphatic heterocycles. The predicted octanol–water partition coefficient (Wildman–Crippen LogP) is 2.48. The summed E-state index contributed by atoms with van der Waals surface area (Å²) in [5, 5.41) is 3.37. The monoisotopic (exact) mass is 294 g/mol. The Bertz CT molecular complexity index is 455. The first-order valence-electron chi connectivity index (χ1n) is 7.23. The van der Waals surface area contributed by atoms with Crippen LogP contribution in [0.5, 0.6) is 0 Å². The van der Waals surface area contributed by atoms with Gasteiger partial charge in [0, 0.05) is 12.2 Å². The Morgan fingerprint density at radius 2 is 2.00 bits per heavy atom. The first kappa shape index (κ1) is 16.9. The first-order chi connectivity index (χ1) is 9.49. The molecule has 0 radical (unpaired) electrons. The van der Waals surface area contributed by atoms with Crippen molar-refractivity contribution < 1.29 is 0 Å². The van der Waals surface area contributed by atoms with Crippen molar-refractivity contribution in [1.29, 1.82) is 0 Å². The lowest BCUT2D eigenvalue weighted by Gasteiger charge is -2.18. The van der Waals surface area contributed by atoms with Gasteiger partial charge in [-0.25, -0.2) is 4.98 Å². The molecule has 0 aliphatic rings. The van der Waals surface area contributed by atoms with Gasteiger partial charge in [0.1, 0.15) is 10.8 Å². The van der Waals surface area contributed by atoms with Crippen LogP contribution < -0.4 is 11.1 Å². The van der Waals surface area contributed by atoms with Crippen LogP contribution in [0.3, 0.4) is 0 Å². The Kier molecular flexibility index (Phi) is 6.88. The van der Waals surface area contributed by atoms with Crippen molar-refractivity contribution in [2.45, 2.75) is 34.1 Å². The number of nitrogens with zero attached hydrogens (tertiary/aromatic N) is 2. The molecule has 0 spiro atoms. The summed E-state index contributed by atoms with van der Waals surface area (Å²) in [6.45, 7) is 12.5. The molecule has 20 heavy (non-hydrogen) atoms. The summed E-state index contributed by atoms with van der Waals surface area (Å²) in [6.07, 6.45) is 1.08. The lowest BCUT2D eigenvalue weighted by atomic mass is 10.1. The molecular weight excluding hydrogens is 268 g/mol. The minimum Gasteiger partial charge on any atom is -0.389 e. The maximum Gasteiger partial charge on any atom is 0.136 e. The minimum absolute atomic E-state index is 0.404. The minimum atomic E-state index is 0.404. The Morgan fingerprint density at radius 1 is 1.35 bits per heavy atom. The van der Waals surface area contributed by atoms with E-state index in [-0.39, 0.29) is 0 Å². The van der Waals surface area contributed by atoms with Gasteiger partial charge in [-0.2, -0.15) is 0 Å². The maximum atomic E-state index is 5.80. The number of hydrogen-bond donors (Lipinski definition) is 2. The number of thiocarbonyl (C=S) groups is 1. The number of rotatable bonds is 8. The van der Waals surface area contributed by atoms with E-state index in [1.54, 1.807) is 0 Å². The zero-order chi connectivity index (χ0) is 15.1. The van der Waals surface area contributed by atoms with Crippen LogP contribution in [0, 0.1) is 13.8 Å². The number of hydrogen-bond acceptors (Lipinski definition) is 4. The number of pyridine rings is 1. The van der Waals surface area contributed by atoms with Gasteiger partial charge < -0.3 is 16.0 Å². The van der Waals surface area contributed by atoms with Crippen molar-refractivity contribution in [3.05, 3.63) is 22.9 Å². The fraction of sp³-hybridized carbons (Fsp3) is 0.600. The molecule has 5 heteroatoms. The first-order valence-corrected chi connectivity index (χ1v) is 7.64. The van der Waals surface area contributed by atoms with Crippen LogP contribution in [0.25, 0.3) is 0 Å². The third-order valence-corrected chi connectivity index (χ3v) is 3.63. The van der Waals surface area contributed by atoms with Crippen molar-refractivity contribution in [1.82, 2.24) is 9.88 Å². The van der Waals surface area contributed by atoms with Crippen molar-refractivity contribution in [3.63, 3.8) is 0 Å². The standard InChI is InChI=1S/C15H26N4S/c1-5-19(6-2)9-7-8-17-15-13(14(16)20)11(3)10-12(4)18-15/h10H,5-9H2,1-4H3,(H2,16,20)(H,17,18). The van der Waals surface area contributed by atoms with Crippen LogP contribution >= 0.6 is 12.2 Å². The van der Waals surface area contributed by atoms with E-state index in [4.69, 9.17) is 18.0 Å². The van der Waals surface area contributed by atoms with Gasteiger partial charge in [-0.05, 0) is 51.5 Å². The average Bonchev–Trinajstić information content (AvgIpc) is 2.37. The summed E-state index contributed by atoms with van der Waals surface area (Å²) in [5.41, 5.74) is 8.73. The number of nitrogens with two attached hydrogens (primary N) is 1. The van der Waals surface area contributed by atoms with Crippen LogP contribution in [0.1, 0.15) is 37.1 Å². The fourth-order valence-electron chi connectivity index (χ4n) is 2.33. The smallest absolute Gasteiger partial charge is 0.136 e. The second-order valence-corrected chi connectivity index (χ2v) is 5.42.